The van der Waals surface area contributed by atoms with Gasteiger partial charge in [-0.05, 0) is 12.8 Å². The van der Waals surface area contributed by atoms with Crippen molar-refractivity contribution in [3.8, 4) is 0 Å². The number of ether oxygens (including phenoxy) is 2. The summed E-state index contributed by atoms with van der Waals surface area (Å²) in [5.74, 6) is 0.0932. The minimum atomic E-state index is -0.271. The number of thioether (sulfide) groups is 1. The van der Waals surface area contributed by atoms with Gasteiger partial charge >= 0.3 is 5.69 Å². The number of aromatic amines is 1. The summed E-state index contributed by atoms with van der Waals surface area (Å²) in [4.78, 5) is 23.4. The molecule has 1 saturated heterocycles. The lowest BCUT2D eigenvalue weighted by Crippen LogP contribution is -2.29. The fourth-order valence-corrected chi connectivity index (χ4v) is 2.83. The summed E-state index contributed by atoms with van der Waals surface area (Å²) in [5, 5.41) is 9.60. The molecule has 0 spiro atoms. The lowest BCUT2D eigenvalue weighted by Gasteiger charge is -2.10. The minimum absolute atomic E-state index is 0.0511. The number of nitrogens with one attached hydrogen (secondary N) is 2. The maximum atomic E-state index is 11.7. The molecule has 8 nitrogen and oxygen atoms in total. The van der Waals surface area contributed by atoms with Crippen molar-refractivity contribution in [2.24, 2.45) is 0 Å². The zero-order valence-corrected chi connectivity index (χ0v) is 12.8. The van der Waals surface area contributed by atoms with Gasteiger partial charge in [0, 0.05) is 20.3 Å². The van der Waals surface area contributed by atoms with Crippen molar-refractivity contribution in [2.75, 3.05) is 32.6 Å². The molecule has 1 amide bonds. The molecule has 1 aliphatic heterocycles. The average molecular weight is 316 g/mol. The van der Waals surface area contributed by atoms with Crippen molar-refractivity contribution in [3.63, 3.8) is 0 Å². The molecule has 0 aliphatic carbocycles. The summed E-state index contributed by atoms with van der Waals surface area (Å²) in [7, 11) is 1.58. The standard InChI is InChI=1S/C12H20N4O4S/c1-19-6-4-13-10(17)8-21-12-15-14-11(18)16(12)7-9-3-2-5-20-9/h9H,2-8H2,1H3,(H,13,17)(H,14,18)/t9-/m1/s1. The van der Waals surface area contributed by atoms with Crippen LogP contribution in [0.25, 0.3) is 0 Å². The highest BCUT2D eigenvalue weighted by atomic mass is 32.2. The Balaban J connectivity index is 1.85. The van der Waals surface area contributed by atoms with Crippen molar-refractivity contribution in [2.45, 2.75) is 30.6 Å². The third kappa shape index (κ3) is 4.87. The van der Waals surface area contributed by atoms with Crippen LogP contribution in [0.1, 0.15) is 12.8 Å². The summed E-state index contributed by atoms with van der Waals surface area (Å²) >= 11 is 1.23. The predicted molar refractivity (Wildman–Crippen MR) is 77.4 cm³/mol. The minimum Gasteiger partial charge on any atom is -0.383 e. The Hall–Kier alpha value is -1.32. The third-order valence-electron chi connectivity index (χ3n) is 3.09. The van der Waals surface area contributed by atoms with E-state index < -0.39 is 0 Å². The van der Waals surface area contributed by atoms with Gasteiger partial charge in [0.25, 0.3) is 0 Å². The van der Waals surface area contributed by atoms with Crippen molar-refractivity contribution in [3.05, 3.63) is 10.5 Å². The Morgan fingerprint density at radius 1 is 1.67 bits per heavy atom. The number of carbonyl (C=O) groups excluding carboxylic acids is 1. The summed E-state index contributed by atoms with van der Waals surface area (Å²) in [6.45, 7) is 2.16. The zero-order chi connectivity index (χ0) is 15.1. The van der Waals surface area contributed by atoms with Crippen LogP contribution in [0.4, 0.5) is 0 Å². The van der Waals surface area contributed by atoms with Gasteiger partial charge in [0.05, 0.1) is 25.0 Å². The highest BCUT2D eigenvalue weighted by Gasteiger charge is 2.20. The van der Waals surface area contributed by atoms with Crippen molar-refractivity contribution < 1.29 is 14.3 Å². The molecule has 9 heteroatoms. The molecular weight excluding hydrogens is 296 g/mol. The highest BCUT2D eigenvalue weighted by molar-refractivity contribution is 7.99. The first kappa shape index (κ1) is 16.1. The van der Waals surface area contributed by atoms with E-state index in [-0.39, 0.29) is 23.5 Å². The molecule has 0 saturated carbocycles. The van der Waals surface area contributed by atoms with E-state index in [0.29, 0.717) is 24.9 Å². The van der Waals surface area contributed by atoms with E-state index in [9.17, 15) is 9.59 Å². The summed E-state index contributed by atoms with van der Waals surface area (Å²) in [6, 6.07) is 0. The molecular formula is C12H20N4O4S. The number of H-pyrrole nitrogens is 1. The van der Waals surface area contributed by atoms with E-state index in [1.807, 2.05) is 0 Å². The van der Waals surface area contributed by atoms with Gasteiger partial charge in [0.15, 0.2) is 5.16 Å². The summed E-state index contributed by atoms with van der Waals surface area (Å²) < 4.78 is 11.9. The van der Waals surface area contributed by atoms with E-state index in [0.717, 1.165) is 19.4 Å². The predicted octanol–water partition coefficient (Wildman–Crippen LogP) is -0.395. The second-order valence-corrected chi connectivity index (χ2v) is 5.63. The van der Waals surface area contributed by atoms with E-state index in [4.69, 9.17) is 9.47 Å². The van der Waals surface area contributed by atoms with Crippen molar-refractivity contribution in [1.82, 2.24) is 20.1 Å². The number of hydrogen-bond acceptors (Lipinski definition) is 6. The van der Waals surface area contributed by atoms with Gasteiger partial charge in [-0.3, -0.25) is 9.36 Å². The van der Waals surface area contributed by atoms with Crippen LogP contribution < -0.4 is 11.0 Å². The molecule has 0 aromatic carbocycles. The number of nitrogens with zero attached hydrogens (tertiary/aromatic N) is 2. The fraction of sp³-hybridized carbons (Fsp3) is 0.750. The molecule has 2 heterocycles. The maximum Gasteiger partial charge on any atom is 0.344 e. The normalized spacial score (nSPS) is 18.0. The molecule has 1 atom stereocenters. The van der Waals surface area contributed by atoms with Crippen LogP contribution in [0.15, 0.2) is 9.95 Å². The largest absolute Gasteiger partial charge is 0.383 e. The lowest BCUT2D eigenvalue weighted by molar-refractivity contribution is -0.118. The van der Waals surface area contributed by atoms with Crippen LogP contribution in [0.2, 0.25) is 0 Å². The number of aromatic nitrogens is 3. The van der Waals surface area contributed by atoms with E-state index in [1.54, 1.807) is 7.11 Å². The number of hydrogen-bond donors (Lipinski definition) is 2. The molecule has 1 aromatic rings. The highest BCUT2D eigenvalue weighted by Crippen LogP contribution is 2.17. The van der Waals surface area contributed by atoms with Gasteiger partial charge in [-0.15, -0.1) is 5.10 Å². The first-order valence-electron chi connectivity index (χ1n) is 6.86. The number of methoxy groups -OCH3 is 1. The molecule has 0 unspecified atom stereocenters. The van der Waals surface area contributed by atoms with E-state index in [2.05, 4.69) is 15.5 Å². The van der Waals surface area contributed by atoms with Crippen LogP contribution in [-0.4, -0.2) is 59.4 Å². The zero-order valence-electron chi connectivity index (χ0n) is 12.0. The van der Waals surface area contributed by atoms with Gasteiger partial charge in [0.2, 0.25) is 5.91 Å². The molecule has 118 valence electrons. The van der Waals surface area contributed by atoms with Crippen molar-refractivity contribution >= 4 is 17.7 Å². The maximum absolute atomic E-state index is 11.7. The average Bonchev–Trinajstić information content (AvgIpc) is 3.09. The first-order chi connectivity index (χ1) is 10.2. The molecule has 1 aliphatic rings. The van der Waals surface area contributed by atoms with Gasteiger partial charge in [-0.25, -0.2) is 9.89 Å². The SMILES string of the molecule is COCCNC(=O)CSc1n[nH]c(=O)n1C[C@H]1CCCO1. The van der Waals surface area contributed by atoms with Gasteiger partial charge < -0.3 is 14.8 Å². The molecule has 2 rings (SSSR count). The monoisotopic (exact) mass is 316 g/mol. The molecule has 0 bridgehead atoms. The number of rotatable bonds is 8. The number of carbonyl (C=O) groups is 1. The second-order valence-electron chi connectivity index (χ2n) is 4.69. The lowest BCUT2D eigenvalue weighted by atomic mass is 10.2. The van der Waals surface area contributed by atoms with Crippen molar-refractivity contribution in [1.29, 1.82) is 0 Å². The second kappa shape index (κ2) is 8.20. The van der Waals surface area contributed by atoms with Crippen LogP contribution in [0.3, 0.4) is 0 Å². The van der Waals surface area contributed by atoms with Crippen LogP contribution in [-0.2, 0) is 20.8 Å². The van der Waals surface area contributed by atoms with Crippen LogP contribution in [0.5, 0.6) is 0 Å². The Bertz CT molecular complexity index is 510. The Morgan fingerprint density at radius 3 is 3.24 bits per heavy atom. The third-order valence-corrected chi connectivity index (χ3v) is 4.07. The van der Waals surface area contributed by atoms with Gasteiger partial charge in [0.1, 0.15) is 0 Å². The molecule has 1 aromatic heterocycles. The van der Waals surface area contributed by atoms with Gasteiger partial charge in [-0.1, -0.05) is 11.8 Å². The van der Waals surface area contributed by atoms with Crippen LogP contribution >= 0.6 is 11.8 Å². The fourth-order valence-electron chi connectivity index (χ4n) is 2.04. The Labute approximate surface area is 126 Å². The molecule has 2 N–H and O–H groups in total. The van der Waals surface area contributed by atoms with Crippen LogP contribution in [0, 0.1) is 0 Å². The number of amides is 1. The Kier molecular flexibility index (Phi) is 6.27. The van der Waals surface area contributed by atoms with Gasteiger partial charge in [-0.2, -0.15) is 0 Å². The molecule has 0 radical (unpaired) electrons. The topological polar surface area (TPSA) is 98.2 Å². The molecule has 21 heavy (non-hydrogen) atoms. The summed E-state index contributed by atoms with van der Waals surface area (Å²) in [5.41, 5.74) is -0.271. The Morgan fingerprint density at radius 2 is 2.52 bits per heavy atom. The smallest absolute Gasteiger partial charge is 0.344 e. The van der Waals surface area contributed by atoms with E-state index >= 15 is 0 Å². The first-order valence-corrected chi connectivity index (χ1v) is 7.84. The van der Waals surface area contributed by atoms with E-state index in [1.165, 1.54) is 16.3 Å². The molecule has 1 fully saturated rings. The quantitative estimate of drug-likeness (QED) is 0.500. The summed E-state index contributed by atoms with van der Waals surface area (Å²) in [6.07, 6.45) is 2.01.